The molecule has 3 heterocycles. The van der Waals surface area contributed by atoms with E-state index >= 15 is 0 Å². The van der Waals surface area contributed by atoms with Gasteiger partial charge in [-0.25, -0.2) is 0 Å². The van der Waals surface area contributed by atoms with Crippen molar-refractivity contribution in [1.82, 2.24) is 4.90 Å². The molecule has 0 radical (unpaired) electrons. The maximum absolute atomic E-state index is 6.15. The van der Waals surface area contributed by atoms with E-state index in [4.69, 9.17) is 30.5 Å². The third-order valence-electron chi connectivity index (χ3n) is 5.92. The highest BCUT2D eigenvalue weighted by molar-refractivity contribution is 6.17. The molecular weight excluding hydrogens is 390 g/mol. The number of hydrogen-bond acceptors (Lipinski definition) is 5. The zero-order valence-corrected chi connectivity index (χ0v) is 17.4. The number of alkyl halides is 1. The van der Waals surface area contributed by atoms with Crippen molar-refractivity contribution in [2.45, 2.75) is 25.8 Å². The number of rotatable bonds is 5. The van der Waals surface area contributed by atoms with Crippen LogP contribution in [0.1, 0.15) is 41.6 Å². The molecule has 0 unspecified atom stereocenters. The van der Waals surface area contributed by atoms with E-state index in [2.05, 4.69) is 36.1 Å². The van der Waals surface area contributed by atoms with E-state index in [-0.39, 0.29) is 6.04 Å². The molecule has 0 N–H and O–H groups in total. The van der Waals surface area contributed by atoms with Crippen molar-refractivity contribution >= 4 is 23.4 Å². The molecule has 0 aliphatic carbocycles. The van der Waals surface area contributed by atoms with Gasteiger partial charge in [-0.05, 0) is 55.2 Å². The second-order valence-corrected chi connectivity index (χ2v) is 7.88. The molecule has 29 heavy (non-hydrogen) atoms. The molecule has 0 amide bonds. The highest BCUT2D eigenvalue weighted by Gasteiger charge is 2.34. The molecule has 0 aromatic heterocycles. The Balaban J connectivity index is 1.61. The average molecular weight is 414 g/mol. The lowest BCUT2D eigenvalue weighted by Crippen LogP contribution is -2.34. The van der Waals surface area contributed by atoms with Crippen LogP contribution in [0.15, 0.2) is 24.3 Å². The molecule has 6 heteroatoms. The van der Waals surface area contributed by atoms with Crippen LogP contribution in [0.3, 0.4) is 0 Å². The molecule has 0 saturated heterocycles. The first-order valence-electron chi connectivity index (χ1n) is 10.0. The van der Waals surface area contributed by atoms with E-state index in [1.165, 1.54) is 22.4 Å². The minimum atomic E-state index is 0.171. The standard InChI is InChI=1S/C23H24ClNO4/c1-14-22-16(4-5-19(26-2)23(22)27-9-3-7-24)10-18-17-12-21-20(28-13-29-21)11-15(17)6-8-25(14)18/h4-5,10-12,14H,3,6-9,13H2,1-2H3/t14-/m1/s1. The zero-order valence-electron chi connectivity index (χ0n) is 16.7. The molecule has 0 bridgehead atoms. The number of methoxy groups -OCH3 is 1. The minimum Gasteiger partial charge on any atom is -0.493 e. The van der Waals surface area contributed by atoms with Crippen molar-refractivity contribution < 1.29 is 18.9 Å². The molecule has 0 spiro atoms. The average Bonchev–Trinajstić information content (AvgIpc) is 3.20. The van der Waals surface area contributed by atoms with Gasteiger partial charge >= 0.3 is 0 Å². The fraction of sp³-hybridized carbons (Fsp3) is 0.391. The lowest BCUT2D eigenvalue weighted by atomic mass is 9.86. The Morgan fingerprint density at radius 2 is 2.03 bits per heavy atom. The molecule has 1 atom stereocenters. The van der Waals surface area contributed by atoms with E-state index in [9.17, 15) is 0 Å². The van der Waals surface area contributed by atoms with Gasteiger partial charge in [0.2, 0.25) is 6.79 Å². The molecule has 5 rings (SSSR count). The van der Waals surface area contributed by atoms with Crippen molar-refractivity contribution in [2.75, 3.05) is 32.9 Å². The van der Waals surface area contributed by atoms with Gasteiger partial charge in [0.1, 0.15) is 0 Å². The summed E-state index contributed by atoms with van der Waals surface area (Å²) in [5.41, 5.74) is 6.09. The largest absolute Gasteiger partial charge is 0.493 e. The Bertz CT molecular complexity index is 987. The van der Waals surface area contributed by atoms with Gasteiger partial charge in [0.05, 0.1) is 19.8 Å². The third kappa shape index (κ3) is 2.99. The Labute approximate surface area is 175 Å². The predicted octanol–water partition coefficient (Wildman–Crippen LogP) is 4.86. The quantitative estimate of drug-likeness (QED) is 0.517. The molecular formula is C23H24ClNO4. The van der Waals surface area contributed by atoms with Gasteiger partial charge in [0, 0.05) is 29.2 Å². The van der Waals surface area contributed by atoms with Crippen LogP contribution in [0.2, 0.25) is 0 Å². The Morgan fingerprint density at radius 1 is 1.21 bits per heavy atom. The van der Waals surface area contributed by atoms with Gasteiger partial charge in [-0.1, -0.05) is 6.07 Å². The summed E-state index contributed by atoms with van der Waals surface area (Å²) in [6, 6.07) is 8.52. The van der Waals surface area contributed by atoms with Crippen LogP contribution in [0.5, 0.6) is 23.0 Å². The van der Waals surface area contributed by atoms with Crippen LogP contribution in [-0.4, -0.2) is 37.8 Å². The van der Waals surface area contributed by atoms with Crippen LogP contribution < -0.4 is 18.9 Å². The second-order valence-electron chi connectivity index (χ2n) is 7.50. The number of hydrogen-bond donors (Lipinski definition) is 0. The summed E-state index contributed by atoms with van der Waals surface area (Å²) < 4.78 is 23.0. The first-order valence-corrected chi connectivity index (χ1v) is 10.6. The topological polar surface area (TPSA) is 40.2 Å². The number of fused-ring (bicyclic) bond motifs is 5. The van der Waals surface area contributed by atoms with E-state index in [0.29, 0.717) is 19.3 Å². The maximum atomic E-state index is 6.15. The fourth-order valence-electron chi connectivity index (χ4n) is 4.50. The number of halogens is 1. The van der Waals surface area contributed by atoms with E-state index in [1.807, 2.05) is 6.07 Å². The van der Waals surface area contributed by atoms with Crippen LogP contribution in [0.25, 0.3) is 11.8 Å². The summed E-state index contributed by atoms with van der Waals surface area (Å²) in [6.07, 6.45) is 4.02. The predicted molar refractivity (Wildman–Crippen MR) is 113 cm³/mol. The molecule has 0 fully saturated rings. The SMILES string of the molecule is COc1ccc2c(c1OCCCCl)[C@@H](C)N1CCc3cc4c(cc3C1=C2)OCO4. The summed E-state index contributed by atoms with van der Waals surface area (Å²) in [5, 5.41) is 0. The Kier molecular flexibility index (Phi) is 4.70. The smallest absolute Gasteiger partial charge is 0.231 e. The second kappa shape index (κ2) is 7.38. The first kappa shape index (κ1) is 18.5. The fourth-order valence-corrected chi connectivity index (χ4v) is 4.61. The van der Waals surface area contributed by atoms with Crippen LogP contribution in [0.4, 0.5) is 0 Å². The van der Waals surface area contributed by atoms with Crippen LogP contribution >= 0.6 is 11.6 Å². The molecule has 2 aromatic rings. The highest BCUT2D eigenvalue weighted by Crippen LogP contribution is 2.49. The van der Waals surface area contributed by atoms with Gasteiger partial charge in [-0.2, -0.15) is 0 Å². The summed E-state index contributed by atoms with van der Waals surface area (Å²) in [7, 11) is 1.69. The third-order valence-corrected chi connectivity index (χ3v) is 6.19. The van der Waals surface area contributed by atoms with E-state index in [1.54, 1.807) is 7.11 Å². The molecule has 3 aliphatic rings. The molecule has 2 aromatic carbocycles. The maximum Gasteiger partial charge on any atom is 0.231 e. The van der Waals surface area contributed by atoms with E-state index < -0.39 is 0 Å². The first-order chi connectivity index (χ1) is 14.2. The Hall–Kier alpha value is -2.53. The zero-order chi connectivity index (χ0) is 20.0. The van der Waals surface area contributed by atoms with Crippen molar-refractivity contribution in [1.29, 1.82) is 0 Å². The normalized spacial score (nSPS) is 18.5. The van der Waals surface area contributed by atoms with Crippen molar-refractivity contribution in [3.05, 3.63) is 46.5 Å². The van der Waals surface area contributed by atoms with Crippen molar-refractivity contribution in [3.63, 3.8) is 0 Å². The Morgan fingerprint density at radius 3 is 2.83 bits per heavy atom. The summed E-state index contributed by atoms with van der Waals surface area (Å²) in [5.74, 6) is 3.85. The summed E-state index contributed by atoms with van der Waals surface area (Å²) in [6.45, 7) is 4.05. The van der Waals surface area contributed by atoms with Gasteiger partial charge in [-0.15, -0.1) is 11.6 Å². The van der Waals surface area contributed by atoms with Crippen molar-refractivity contribution in [2.24, 2.45) is 0 Å². The van der Waals surface area contributed by atoms with Crippen LogP contribution in [-0.2, 0) is 6.42 Å². The molecule has 3 aliphatic heterocycles. The van der Waals surface area contributed by atoms with Crippen LogP contribution in [0, 0.1) is 0 Å². The number of ether oxygens (including phenoxy) is 4. The molecule has 5 nitrogen and oxygen atoms in total. The highest BCUT2D eigenvalue weighted by atomic mass is 35.5. The lowest BCUT2D eigenvalue weighted by Gasteiger charge is -2.42. The van der Waals surface area contributed by atoms with Gasteiger partial charge in [-0.3, -0.25) is 0 Å². The number of benzene rings is 2. The van der Waals surface area contributed by atoms with Crippen molar-refractivity contribution in [3.8, 4) is 23.0 Å². The minimum absolute atomic E-state index is 0.171. The number of nitrogens with zero attached hydrogens (tertiary/aromatic N) is 1. The van der Waals surface area contributed by atoms with Gasteiger partial charge in [0.15, 0.2) is 23.0 Å². The lowest BCUT2D eigenvalue weighted by molar-refractivity contribution is 0.174. The monoisotopic (exact) mass is 413 g/mol. The molecule has 152 valence electrons. The molecule has 0 saturated carbocycles. The van der Waals surface area contributed by atoms with Gasteiger partial charge < -0.3 is 23.8 Å². The summed E-state index contributed by atoms with van der Waals surface area (Å²) in [4.78, 5) is 2.45. The summed E-state index contributed by atoms with van der Waals surface area (Å²) >= 11 is 5.84. The van der Waals surface area contributed by atoms with E-state index in [0.717, 1.165) is 47.9 Å². The van der Waals surface area contributed by atoms with Gasteiger partial charge in [0.25, 0.3) is 0 Å².